The molecule has 0 spiro atoms. The highest BCUT2D eigenvalue weighted by Crippen LogP contribution is 2.19. The predicted octanol–water partition coefficient (Wildman–Crippen LogP) is 2.48. The Kier molecular flexibility index (Phi) is 6.07. The number of hydrogen-bond acceptors (Lipinski definition) is 5. The fraction of sp³-hybridized carbons (Fsp3) is 0.400. The van der Waals surface area contributed by atoms with Gasteiger partial charge in [-0.2, -0.15) is 0 Å². The van der Waals surface area contributed by atoms with Gasteiger partial charge in [0.2, 0.25) is 0 Å². The molecule has 1 amide bonds. The van der Waals surface area contributed by atoms with Crippen molar-refractivity contribution >= 4 is 11.6 Å². The van der Waals surface area contributed by atoms with Crippen LogP contribution in [0.2, 0.25) is 0 Å². The van der Waals surface area contributed by atoms with Crippen molar-refractivity contribution in [1.29, 1.82) is 0 Å². The summed E-state index contributed by atoms with van der Waals surface area (Å²) in [5.74, 6) is 0.848. The first-order valence-corrected chi connectivity index (χ1v) is 9.04. The molecule has 138 valence electrons. The average Bonchev–Trinajstić information content (AvgIpc) is 2.72. The fourth-order valence-corrected chi connectivity index (χ4v) is 3.13. The molecule has 6 heteroatoms. The Balaban J connectivity index is 1.64. The monoisotopic (exact) mass is 354 g/mol. The number of nitrogens with zero attached hydrogens (tertiary/aromatic N) is 3. The number of benzene rings is 1. The Morgan fingerprint density at radius 1 is 1.19 bits per heavy atom. The molecular formula is C20H26N4O2. The molecule has 1 aliphatic heterocycles. The van der Waals surface area contributed by atoms with Crippen molar-refractivity contribution in [3.8, 4) is 5.75 Å². The maximum Gasteiger partial charge on any atom is 0.272 e. The summed E-state index contributed by atoms with van der Waals surface area (Å²) in [4.78, 5) is 21.2. The number of rotatable bonds is 6. The number of anilines is 1. The summed E-state index contributed by atoms with van der Waals surface area (Å²) in [6.07, 6.45) is 1.68. The maximum absolute atomic E-state index is 12.7. The number of ether oxygens (including phenoxy) is 1. The van der Waals surface area contributed by atoms with Gasteiger partial charge in [0.1, 0.15) is 11.4 Å². The number of amides is 1. The van der Waals surface area contributed by atoms with Crippen LogP contribution >= 0.6 is 0 Å². The number of likely N-dealkylation sites (N-methyl/N-ethyl adjacent to an activating group) is 1. The van der Waals surface area contributed by atoms with E-state index in [9.17, 15) is 4.79 Å². The average molecular weight is 354 g/mol. The van der Waals surface area contributed by atoms with E-state index in [0.29, 0.717) is 12.2 Å². The first-order chi connectivity index (χ1) is 12.7. The Bertz CT molecular complexity index is 742. The molecule has 2 heterocycles. The predicted molar refractivity (Wildman–Crippen MR) is 103 cm³/mol. The van der Waals surface area contributed by atoms with Crippen LogP contribution in [0.3, 0.4) is 0 Å². The summed E-state index contributed by atoms with van der Waals surface area (Å²) in [5.41, 5.74) is 2.43. The van der Waals surface area contributed by atoms with E-state index in [1.54, 1.807) is 13.3 Å². The summed E-state index contributed by atoms with van der Waals surface area (Å²) in [7, 11) is 1.67. The van der Waals surface area contributed by atoms with Crippen molar-refractivity contribution in [3.63, 3.8) is 0 Å². The zero-order valence-electron chi connectivity index (χ0n) is 15.4. The number of hydrogen-bond donors (Lipinski definition) is 1. The largest absolute Gasteiger partial charge is 0.496 e. The van der Waals surface area contributed by atoms with E-state index in [0.717, 1.165) is 49.7 Å². The lowest BCUT2D eigenvalue weighted by atomic mass is 10.2. The Morgan fingerprint density at radius 2 is 1.96 bits per heavy atom. The van der Waals surface area contributed by atoms with Crippen molar-refractivity contribution in [2.24, 2.45) is 0 Å². The summed E-state index contributed by atoms with van der Waals surface area (Å²) in [5, 5.41) is 3.35. The van der Waals surface area contributed by atoms with Gasteiger partial charge in [-0.3, -0.25) is 9.78 Å². The first kappa shape index (κ1) is 18.2. The van der Waals surface area contributed by atoms with Crippen molar-refractivity contribution in [2.75, 3.05) is 45.2 Å². The standard InChI is InChI=1S/C20H26N4O2/c1-3-23-10-12-24(13-11-23)20(25)18-14-17(8-9-21-18)22-15-16-6-4-5-7-19(16)26-2/h4-9,14H,3,10-13,15H2,1-2H3,(H,21,22). The van der Waals surface area contributed by atoms with E-state index in [1.807, 2.05) is 41.3 Å². The van der Waals surface area contributed by atoms with Crippen LogP contribution in [-0.2, 0) is 6.54 Å². The van der Waals surface area contributed by atoms with Crippen molar-refractivity contribution in [2.45, 2.75) is 13.5 Å². The quantitative estimate of drug-likeness (QED) is 0.864. The number of carbonyl (C=O) groups excluding carboxylic acids is 1. The molecule has 1 saturated heterocycles. The van der Waals surface area contributed by atoms with Crippen LogP contribution in [0.4, 0.5) is 5.69 Å². The summed E-state index contributed by atoms with van der Waals surface area (Å²) in [6, 6.07) is 11.6. The zero-order chi connectivity index (χ0) is 18.4. The van der Waals surface area contributed by atoms with E-state index in [2.05, 4.69) is 22.1 Å². The highest BCUT2D eigenvalue weighted by Gasteiger charge is 2.22. The number of aromatic nitrogens is 1. The molecule has 0 bridgehead atoms. The second-order valence-corrected chi connectivity index (χ2v) is 6.32. The van der Waals surface area contributed by atoms with Crippen molar-refractivity contribution in [3.05, 3.63) is 53.9 Å². The highest BCUT2D eigenvalue weighted by molar-refractivity contribution is 5.93. The number of nitrogens with one attached hydrogen (secondary N) is 1. The minimum absolute atomic E-state index is 0.00157. The summed E-state index contributed by atoms with van der Waals surface area (Å²) in [6.45, 7) is 7.16. The van der Waals surface area contributed by atoms with Gasteiger partial charge in [-0.1, -0.05) is 25.1 Å². The number of pyridine rings is 1. The number of para-hydroxylation sites is 1. The van der Waals surface area contributed by atoms with Crippen LogP contribution in [0.1, 0.15) is 23.0 Å². The third kappa shape index (κ3) is 4.32. The maximum atomic E-state index is 12.7. The molecule has 1 aromatic carbocycles. The third-order valence-corrected chi connectivity index (χ3v) is 4.76. The molecule has 6 nitrogen and oxygen atoms in total. The molecule has 0 unspecified atom stereocenters. The van der Waals surface area contributed by atoms with E-state index in [4.69, 9.17) is 4.74 Å². The van der Waals surface area contributed by atoms with Gasteiger partial charge >= 0.3 is 0 Å². The lowest BCUT2D eigenvalue weighted by Crippen LogP contribution is -2.48. The van der Waals surface area contributed by atoms with E-state index in [1.165, 1.54) is 0 Å². The number of carbonyl (C=O) groups is 1. The minimum Gasteiger partial charge on any atom is -0.496 e. The molecule has 1 N–H and O–H groups in total. The van der Waals surface area contributed by atoms with Crippen molar-refractivity contribution < 1.29 is 9.53 Å². The Hall–Kier alpha value is -2.60. The normalized spacial score (nSPS) is 14.9. The zero-order valence-corrected chi connectivity index (χ0v) is 15.4. The highest BCUT2D eigenvalue weighted by atomic mass is 16.5. The summed E-state index contributed by atoms with van der Waals surface area (Å²) >= 11 is 0. The minimum atomic E-state index is 0.00157. The molecule has 26 heavy (non-hydrogen) atoms. The van der Waals surface area contributed by atoms with Crippen LogP contribution in [0, 0.1) is 0 Å². The lowest BCUT2D eigenvalue weighted by molar-refractivity contribution is 0.0637. The van der Waals surface area contributed by atoms with Gasteiger partial charge in [0.15, 0.2) is 0 Å². The van der Waals surface area contributed by atoms with E-state index >= 15 is 0 Å². The van der Waals surface area contributed by atoms with Gasteiger partial charge in [-0.25, -0.2) is 0 Å². The molecule has 0 aliphatic carbocycles. The van der Waals surface area contributed by atoms with E-state index < -0.39 is 0 Å². The molecule has 1 fully saturated rings. The van der Waals surface area contributed by atoms with Crippen LogP contribution in [0.5, 0.6) is 5.75 Å². The topological polar surface area (TPSA) is 57.7 Å². The molecule has 1 aliphatic rings. The number of piperazine rings is 1. The van der Waals surface area contributed by atoms with Gasteiger partial charge < -0.3 is 19.9 Å². The van der Waals surface area contributed by atoms with Crippen LogP contribution < -0.4 is 10.1 Å². The molecule has 1 aromatic heterocycles. The summed E-state index contributed by atoms with van der Waals surface area (Å²) < 4.78 is 5.38. The smallest absolute Gasteiger partial charge is 0.272 e. The van der Waals surface area contributed by atoms with Gasteiger partial charge in [-0.05, 0) is 24.7 Å². The van der Waals surface area contributed by atoms with E-state index in [-0.39, 0.29) is 5.91 Å². The van der Waals surface area contributed by atoms with Gasteiger partial charge in [0.25, 0.3) is 5.91 Å². The molecule has 2 aromatic rings. The molecule has 0 atom stereocenters. The third-order valence-electron chi connectivity index (χ3n) is 4.76. The van der Waals surface area contributed by atoms with Gasteiger partial charge in [0, 0.05) is 50.2 Å². The molecular weight excluding hydrogens is 328 g/mol. The molecule has 3 rings (SSSR count). The lowest BCUT2D eigenvalue weighted by Gasteiger charge is -2.33. The Morgan fingerprint density at radius 3 is 2.69 bits per heavy atom. The number of methoxy groups -OCH3 is 1. The van der Waals surface area contributed by atoms with Gasteiger partial charge in [0.05, 0.1) is 7.11 Å². The Labute approximate surface area is 154 Å². The van der Waals surface area contributed by atoms with Crippen molar-refractivity contribution in [1.82, 2.24) is 14.8 Å². The van der Waals surface area contributed by atoms with Crippen LogP contribution in [-0.4, -0.2) is 60.5 Å². The second kappa shape index (κ2) is 8.67. The van der Waals surface area contributed by atoms with Crippen LogP contribution in [0.25, 0.3) is 0 Å². The first-order valence-electron chi connectivity index (χ1n) is 9.04. The fourth-order valence-electron chi connectivity index (χ4n) is 3.13. The van der Waals surface area contributed by atoms with Gasteiger partial charge in [-0.15, -0.1) is 0 Å². The van der Waals surface area contributed by atoms with Crippen LogP contribution in [0.15, 0.2) is 42.6 Å². The molecule has 0 saturated carbocycles. The molecule has 0 radical (unpaired) electrons. The SMILES string of the molecule is CCN1CCN(C(=O)c2cc(NCc3ccccc3OC)ccn2)CC1. The second-order valence-electron chi connectivity index (χ2n) is 6.32.